The molecule has 1 heterocycles. The summed E-state index contributed by atoms with van der Waals surface area (Å²) >= 11 is 7.66. The highest BCUT2D eigenvalue weighted by atomic mass is 35.5. The van der Waals surface area contributed by atoms with Crippen LogP contribution in [-0.4, -0.2) is 16.8 Å². The van der Waals surface area contributed by atoms with Crippen molar-refractivity contribution in [3.63, 3.8) is 0 Å². The molecule has 0 unspecified atom stereocenters. The minimum atomic E-state index is 0.0175. The molecule has 2 N–H and O–H groups in total. The van der Waals surface area contributed by atoms with E-state index in [0.29, 0.717) is 22.5 Å². The average Bonchev–Trinajstić information content (AvgIpc) is 3.25. The van der Waals surface area contributed by atoms with Gasteiger partial charge in [-0.2, -0.15) is 0 Å². The van der Waals surface area contributed by atoms with E-state index in [9.17, 15) is 4.79 Å². The Labute approximate surface area is 133 Å². The summed E-state index contributed by atoms with van der Waals surface area (Å²) in [5, 5.41) is 2.51. The number of nitrogens with zero attached hydrogens (tertiary/aromatic N) is 1. The molecule has 5 heteroatoms. The summed E-state index contributed by atoms with van der Waals surface area (Å²) in [7, 11) is 0. The van der Waals surface area contributed by atoms with Gasteiger partial charge in [-0.1, -0.05) is 29.8 Å². The fourth-order valence-electron chi connectivity index (χ4n) is 2.32. The standard InChI is InChI=1S/C16H17ClN2OS/c1-10-9-21-15(14(10)17)16(20)19(12-6-7-12)8-11-4-2-3-5-13(11)18/h2-5,9,12H,6-8,18H2,1H3. The Morgan fingerprint density at radius 3 is 2.71 bits per heavy atom. The van der Waals surface area contributed by atoms with Crippen LogP contribution in [0.3, 0.4) is 0 Å². The number of hydrogen-bond donors (Lipinski definition) is 1. The number of thiophene rings is 1. The summed E-state index contributed by atoms with van der Waals surface area (Å²) in [5.41, 5.74) is 8.67. The highest BCUT2D eigenvalue weighted by Crippen LogP contribution is 2.34. The Hall–Kier alpha value is -1.52. The molecule has 0 spiro atoms. The van der Waals surface area contributed by atoms with E-state index < -0.39 is 0 Å². The van der Waals surface area contributed by atoms with E-state index in [0.717, 1.165) is 29.7 Å². The normalized spacial score (nSPS) is 14.2. The minimum absolute atomic E-state index is 0.0175. The number of rotatable bonds is 4. The zero-order valence-corrected chi connectivity index (χ0v) is 13.4. The molecule has 1 aromatic carbocycles. The SMILES string of the molecule is Cc1csc(C(=O)N(Cc2ccccc2N)C2CC2)c1Cl. The smallest absolute Gasteiger partial charge is 0.266 e. The molecule has 1 aliphatic carbocycles. The first-order valence-corrected chi connectivity index (χ1v) is 8.21. The van der Waals surface area contributed by atoms with Gasteiger partial charge < -0.3 is 10.6 Å². The van der Waals surface area contributed by atoms with Gasteiger partial charge in [-0.3, -0.25) is 4.79 Å². The maximum atomic E-state index is 12.8. The molecule has 110 valence electrons. The van der Waals surface area contributed by atoms with Crippen molar-refractivity contribution in [2.24, 2.45) is 0 Å². The third-order valence-corrected chi connectivity index (χ3v) is 5.42. The van der Waals surface area contributed by atoms with Crippen molar-refractivity contribution in [2.75, 3.05) is 5.73 Å². The van der Waals surface area contributed by atoms with Gasteiger partial charge in [0.1, 0.15) is 4.88 Å². The first kappa shape index (κ1) is 14.4. The summed E-state index contributed by atoms with van der Waals surface area (Å²) in [6.07, 6.45) is 2.11. The van der Waals surface area contributed by atoms with Gasteiger partial charge in [-0.25, -0.2) is 0 Å². The van der Waals surface area contributed by atoms with Crippen LogP contribution in [0.2, 0.25) is 5.02 Å². The number of halogens is 1. The molecule has 0 saturated heterocycles. The number of anilines is 1. The van der Waals surface area contributed by atoms with Gasteiger partial charge in [0.05, 0.1) is 5.02 Å². The van der Waals surface area contributed by atoms with Gasteiger partial charge in [0.25, 0.3) is 5.91 Å². The van der Waals surface area contributed by atoms with Crippen molar-refractivity contribution >= 4 is 34.5 Å². The quantitative estimate of drug-likeness (QED) is 0.862. The van der Waals surface area contributed by atoms with Crippen LogP contribution in [0.25, 0.3) is 0 Å². The number of nitrogens with two attached hydrogens (primary N) is 1. The fourth-order valence-corrected chi connectivity index (χ4v) is 3.55. The summed E-state index contributed by atoms with van der Waals surface area (Å²) in [6.45, 7) is 2.47. The topological polar surface area (TPSA) is 46.3 Å². The molecular formula is C16H17ClN2OS. The van der Waals surface area contributed by atoms with E-state index in [-0.39, 0.29) is 5.91 Å². The van der Waals surface area contributed by atoms with Gasteiger partial charge >= 0.3 is 0 Å². The maximum absolute atomic E-state index is 12.8. The molecule has 1 aliphatic rings. The second kappa shape index (κ2) is 5.70. The lowest BCUT2D eigenvalue weighted by Crippen LogP contribution is -2.32. The minimum Gasteiger partial charge on any atom is -0.398 e. The maximum Gasteiger partial charge on any atom is 0.266 e. The third kappa shape index (κ3) is 2.92. The molecule has 0 aliphatic heterocycles. The number of hydrogen-bond acceptors (Lipinski definition) is 3. The van der Waals surface area contributed by atoms with E-state index in [2.05, 4.69) is 0 Å². The van der Waals surface area contributed by atoms with Gasteiger partial charge in [0, 0.05) is 18.3 Å². The molecule has 2 aromatic rings. The molecular weight excluding hydrogens is 304 g/mol. The van der Waals surface area contributed by atoms with Crippen LogP contribution in [-0.2, 0) is 6.54 Å². The molecule has 1 aromatic heterocycles. The summed E-state index contributed by atoms with van der Waals surface area (Å²) < 4.78 is 0. The lowest BCUT2D eigenvalue weighted by molar-refractivity contribution is 0.0735. The zero-order chi connectivity index (χ0) is 15.0. The van der Waals surface area contributed by atoms with Crippen molar-refractivity contribution in [2.45, 2.75) is 32.4 Å². The second-order valence-electron chi connectivity index (χ2n) is 5.42. The van der Waals surface area contributed by atoms with Crippen molar-refractivity contribution in [3.8, 4) is 0 Å². The molecule has 0 radical (unpaired) electrons. The molecule has 1 amide bonds. The molecule has 1 fully saturated rings. The predicted molar refractivity (Wildman–Crippen MR) is 87.8 cm³/mol. The molecule has 3 nitrogen and oxygen atoms in total. The predicted octanol–water partition coefficient (Wildman–Crippen LogP) is 4.10. The highest BCUT2D eigenvalue weighted by molar-refractivity contribution is 7.13. The van der Waals surface area contributed by atoms with Crippen molar-refractivity contribution < 1.29 is 4.79 Å². The number of carbonyl (C=O) groups is 1. The van der Waals surface area contributed by atoms with Gasteiger partial charge in [-0.05, 0) is 42.3 Å². The summed E-state index contributed by atoms with van der Waals surface area (Å²) in [6, 6.07) is 8.01. The van der Waals surface area contributed by atoms with Crippen LogP contribution >= 0.6 is 22.9 Å². The number of benzene rings is 1. The molecule has 0 bridgehead atoms. The Morgan fingerprint density at radius 2 is 2.14 bits per heavy atom. The number of nitrogen functional groups attached to an aromatic ring is 1. The number of aryl methyl sites for hydroxylation is 1. The van der Waals surface area contributed by atoms with Crippen LogP contribution in [0.15, 0.2) is 29.6 Å². The lowest BCUT2D eigenvalue weighted by atomic mass is 10.1. The van der Waals surface area contributed by atoms with Crippen LogP contribution in [0.1, 0.15) is 33.6 Å². The second-order valence-corrected chi connectivity index (χ2v) is 6.68. The lowest BCUT2D eigenvalue weighted by Gasteiger charge is -2.23. The van der Waals surface area contributed by atoms with Crippen molar-refractivity contribution in [3.05, 3.63) is 50.7 Å². The number of amides is 1. The van der Waals surface area contributed by atoms with E-state index in [4.69, 9.17) is 17.3 Å². The third-order valence-electron chi connectivity index (χ3n) is 3.74. The average molecular weight is 321 g/mol. The number of para-hydroxylation sites is 1. The Bertz CT molecular complexity index is 679. The van der Waals surface area contributed by atoms with E-state index in [1.54, 1.807) is 0 Å². The Balaban J connectivity index is 1.87. The van der Waals surface area contributed by atoms with E-state index >= 15 is 0 Å². The van der Waals surface area contributed by atoms with Crippen LogP contribution in [0, 0.1) is 6.92 Å². The van der Waals surface area contributed by atoms with Crippen LogP contribution in [0.4, 0.5) is 5.69 Å². The van der Waals surface area contributed by atoms with Gasteiger partial charge in [0.2, 0.25) is 0 Å². The number of carbonyl (C=O) groups excluding carboxylic acids is 1. The van der Waals surface area contributed by atoms with Crippen LogP contribution in [0.5, 0.6) is 0 Å². The summed E-state index contributed by atoms with van der Waals surface area (Å²) in [5.74, 6) is 0.0175. The first-order valence-electron chi connectivity index (χ1n) is 6.96. The Kier molecular flexibility index (Phi) is 3.91. The Morgan fingerprint density at radius 1 is 1.43 bits per heavy atom. The molecule has 21 heavy (non-hydrogen) atoms. The van der Waals surface area contributed by atoms with Crippen molar-refractivity contribution in [1.82, 2.24) is 4.90 Å². The summed E-state index contributed by atoms with van der Waals surface area (Å²) in [4.78, 5) is 15.3. The van der Waals surface area contributed by atoms with E-state index in [1.165, 1.54) is 11.3 Å². The molecule has 3 rings (SSSR count). The van der Waals surface area contributed by atoms with Gasteiger partial charge in [-0.15, -0.1) is 11.3 Å². The van der Waals surface area contributed by atoms with E-state index in [1.807, 2.05) is 41.5 Å². The van der Waals surface area contributed by atoms with Gasteiger partial charge in [0.15, 0.2) is 0 Å². The zero-order valence-electron chi connectivity index (χ0n) is 11.8. The molecule has 1 saturated carbocycles. The van der Waals surface area contributed by atoms with Crippen LogP contribution < -0.4 is 5.73 Å². The highest BCUT2D eigenvalue weighted by Gasteiger charge is 2.34. The molecule has 0 atom stereocenters. The monoisotopic (exact) mass is 320 g/mol. The largest absolute Gasteiger partial charge is 0.398 e. The van der Waals surface area contributed by atoms with Crippen molar-refractivity contribution in [1.29, 1.82) is 0 Å². The fraction of sp³-hybridized carbons (Fsp3) is 0.312. The first-order chi connectivity index (χ1) is 10.1.